The summed E-state index contributed by atoms with van der Waals surface area (Å²) in [7, 11) is 0. The SMILES string of the molecule is [Ca+2].[Ca+2].[Na+].[O-2].[OH-].[OH-]. The summed E-state index contributed by atoms with van der Waals surface area (Å²) in [4.78, 5) is 0. The Morgan fingerprint density at radius 1 is 0.667 bits per heavy atom. The molecule has 6 heavy (non-hydrogen) atoms. The van der Waals surface area contributed by atoms with Crippen molar-refractivity contribution in [2.24, 2.45) is 0 Å². The van der Waals surface area contributed by atoms with E-state index in [1.54, 1.807) is 0 Å². The van der Waals surface area contributed by atoms with Crippen molar-refractivity contribution in [1.29, 1.82) is 0 Å². The molecule has 3 nitrogen and oxygen atoms in total. The second-order valence-corrected chi connectivity index (χ2v) is 0. The number of hydrogen-bond acceptors (Lipinski definition) is 2. The summed E-state index contributed by atoms with van der Waals surface area (Å²) >= 11 is 0. The zero-order valence-corrected chi connectivity index (χ0v) is 10.1. The summed E-state index contributed by atoms with van der Waals surface area (Å²) in [6.45, 7) is 0. The molecular weight excluding hydrogens is 151 g/mol. The van der Waals surface area contributed by atoms with Crippen molar-refractivity contribution in [3.63, 3.8) is 0 Å². The molecule has 0 aromatic carbocycles. The van der Waals surface area contributed by atoms with E-state index in [4.69, 9.17) is 0 Å². The van der Waals surface area contributed by atoms with E-state index in [9.17, 15) is 0 Å². The Morgan fingerprint density at radius 2 is 0.667 bits per heavy atom. The molecule has 0 unspecified atom stereocenters. The van der Waals surface area contributed by atoms with Crippen LogP contribution < -0.4 is 29.6 Å². The van der Waals surface area contributed by atoms with Gasteiger partial charge in [0.05, 0.1) is 0 Å². The third-order valence-electron chi connectivity index (χ3n) is 0. The molecule has 0 aliphatic rings. The van der Waals surface area contributed by atoms with Gasteiger partial charge in [-0.3, -0.25) is 0 Å². The summed E-state index contributed by atoms with van der Waals surface area (Å²) in [6, 6.07) is 0. The zero-order valence-electron chi connectivity index (χ0n) is 3.72. The number of hydrogen-bond donors (Lipinski definition) is 0. The van der Waals surface area contributed by atoms with Crippen molar-refractivity contribution in [3.8, 4) is 0 Å². The van der Waals surface area contributed by atoms with E-state index in [-0.39, 0.29) is 121 Å². The van der Waals surface area contributed by atoms with Crippen molar-refractivity contribution in [1.82, 2.24) is 0 Å². The molecular formula is H2Ca2NaO3+. The van der Waals surface area contributed by atoms with E-state index in [1.165, 1.54) is 0 Å². The molecule has 0 spiro atoms. The first-order valence-electron chi connectivity index (χ1n) is 0. The monoisotopic (exact) mass is 153 g/mol. The molecule has 0 radical (unpaired) electrons. The molecule has 0 heterocycles. The van der Waals surface area contributed by atoms with Crippen molar-refractivity contribution in [2.45, 2.75) is 0 Å². The Balaban J connectivity index is 0. The van der Waals surface area contributed by atoms with Crippen LogP contribution in [0.5, 0.6) is 0 Å². The third-order valence-corrected chi connectivity index (χ3v) is 0. The molecule has 6 heteroatoms. The van der Waals surface area contributed by atoms with Crippen LogP contribution in [0.25, 0.3) is 0 Å². The molecule has 0 amide bonds. The summed E-state index contributed by atoms with van der Waals surface area (Å²) < 4.78 is 0. The maximum absolute atomic E-state index is 0. The minimum absolute atomic E-state index is 0. The van der Waals surface area contributed by atoms with E-state index in [0.29, 0.717) is 0 Å². The van der Waals surface area contributed by atoms with Gasteiger partial charge in [0.1, 0.15) is 0 Å². The second-order valence-electron chi connectivity index (χ2n) is 0. The predicted molar refractivity (Wildman–Crippen MR) is 16.1 cm³/mol. The molecule has 0 atom stereocenters. The first-order valence-corrected chi connectivity index (χ1v) is 0. The molecule has 0 aromatic rings. The Morgan fingerprint density at radius 3 is 0.667 bits per heavy atom. The topological polar surface area (TPSA) is 88.5 Å². The van der Waals surface area contributed by atoms with Gasteiger partial charge in [-0.15, -0.1) is 0 Å². The van der Waals surface area contributed by atoms with Crippen LogP contribution in [0.4, 0.5) is 0 Å². The molecule has 2 N–H and O–H groups in total. The van der Waals surface area contributed by atoms with Gasteiger partial charge in [-0.2, -0.15) is 0 Å². The summed E-state index contributed by atoms with van der Waals surface area (Å²) in [5, 5.41) is 0. The van der Waals surface area contributed by atoms with E-state index in [2.05, 4.69) is 0 Å². The summed E-state index contributed by atoms with van der Waals surface area (Å²) in [5.41, 5.74) is 0. The smallest absolute Gasteiger partial charge is 2.00 e. The summed E-state index contributed by atoms with van der Waals surface area (Å²) in [5.74, 6) is 0. The fourth-order valence-electron chi connectivity index (χ4n) is 0. The van der Waals surface area contributed by atoms with Gasteiger partial charge < -0.3 is 16.4 Å². The first kappa shape index (κ1) is 57.4. The van der Waals surface area contributed by atoms with Gasteiger partial charge in [0.25, 0.3) is 0 Å². The zero-order chi connectivity index (χ0) is 0. The second kappa shape index (κ2) is 39.8. The van der Waals surface area contributed by atoms with Crippen molar-refractivity contribution < 1.29 is 46.0 Å². The number of rotatable bonds is 0. The predicted octanol–water partition coefficient (Wildman–Crippen LogP) is -4.23. The molecule has 0 fully saturated rings. The van der Waals surface area contributed by atoms with Gasteiger partial charge in [-0.05, 0) is 0 Å². The maximum atomic E-state index is 0. The van der Waals surface area contributed by atoms with E-state index < -0.39 is 0 Å². The van der Waals surface area contributed by atoms with Gasteiger partial charge >= 0.3 is 105 Å². The molecule has 0 aliphatic heterocycles. The average Bonchev–Trinajstić information content (AvgIpc) is 0. The Bertz CT molecular complexity index is 8.75. The van der Waals surface area contributed by atoms with Gasteiger partial charge in [0, 0.05) is 0 Å². The minimum Gasteiger partial charge on any atom is -2.00 e. The fraction of sp³-hybridized carbons (Fsp3) is 0. The normalized spacial score (nSPS) is 0. The van der Waals surface area contributed by atoms with Gasteiger partial charge in [0.2, 0.25) is 0 Å². The van der Waals surface area contributed by atoms with Crippen LogP contribution in [0.3, 0.4) is 0 Å². The van der Waals surface area contributed by atoms with E-state index in [1.807, 2.05) is 0 Å². The van der Waals surface area contributed by atoms with Crippen LogP contribution >= 0.6 is 0 Å². The van der Waals surface area contributed by atoms with Crippen LogP contribution in [0.2, 0.25) is 0 Å². The van der Waals surface area contributed by atoms with Gasteiger partial charge in [-0.1, -0.05) is 0 Å². The Labute approximate surface area is 118 Å². The quantitative estimate of drug-likeness (QED) is 0.330. The van der Waals surface area contributed by atoms with Crippen molar-refractivity contribution in [2.75, 3.05) is 0 Å². The van der Waals surface area contributed by atoms with Crippen LogP contribution in [-0.4, -0.2) is 86.4 Å². The molecule has 24 valence electrons. The first-order chi connectivity index (χ1) is 0. The minimum atomic E-state index is 0. The van der Waals surface area contributed by atoms with Crippen LogP contribution in [0, 0.1) is 0 Å². The molecule has 0 aliphatic carbocycles. The van der Waals surface area contributed by atoms with E-state index >= 15 is 0 Å². The summed E-state index contributed by atoms with van der Waals surface area (Å²) in [6.07, 6.45) is 0. The van der Waals surface area contributed by atoms with Crippen LogP contribution in [-0.2, 0) is 5.48 Å². The Hall–Kier alpha value is 3.40. The Kier molecular flexibility index (Phi) is 381. The molecule has 0 saturated heterocycles. The van der Waals surface area contributed by atoms with E-state index in [0.717, 1.165) is 0 Å². The molecule has 0 bridgehead atoms. The maximum Gasteiger partial charge on any atom is 2.00 e. The molecule has 0 rings (SSSR count). The van der Waals surface area contributed by atoms with Crippen LogP contribution in [0.1, 0.15) is 0 Å². The van der Waals surface area contributed by atoms with Gasteiger partial charge in [-0.25, -0.2) is 0 Å². The molecule has 0 aromatic heterocycles. The third kappa shape index (κ3) is 26.2. The largest absolute Gasteiger partial charge is 2.00 e. The molecule has 0 saturated carbocycles. The fourth-order valence-corrected chi connectivity index (χ4v) is 0. The standard InChI is InChI=1S/2Ca.Na.2H2O.O/h;;;2*1H2;/q2*+2;+1;;;-2/p-2. The van der Waals surface area contributed by atoms with Gasteiger partial charge in [0.15, 0.2) is 0 Å². The average molecular weight is 153 g/mol. The van der Waals surface area contributed by atoms with Crippen LogP contribution in [0.15, 0.2) is 0 Å². The van der Waals surface area contributed by atoms with Crippen molar-refractivity contribution >= 4 is 75.5 Å². The van der Waals surface area contributed by atoms with Crippen molar-refractivity contribution in [3.05, 3.63) is 0 Å².